The van der Waals surface area contributed by atoms with Crippen LogP contribution in [0.2, 0.25) is 0 Å². The number of hydrogen-bond donors (Lipinski definition) is 2. The summed E-state index contributed by atoms with van der Waals surface area (Å²) in [7, 11) is 3.03. The average molecular weight is 493 g/mol. The van der Waals surface area contributed by atoms with Crippen molar-refractivity contribution in [3.8, 4) is 5.75 Å². The lowest BCUT2D eigenvalue weighted by Gasteiger charge is -2.34. The monoisotopic (exact) mass is 492 g/mol. The van der Waals surface area contributed by atoms with Gasteiger partial charge in [-0.05, 0) is 63.3 Å². The van der Waals surface area contributed by atoms with E-state index >= 15 is 0 Å². The van der Waals surface area contributed by atoms with Crippen LogP contribution in [0.1, 0.15) is 50.6 Å². The van der Waals surface area contributed by atoms with Crippen LogP contribution in [0, 0.1) is 5.92 Å². The number of fused-ring (bicyclic) bond motifs is 3. The molecule has 3 atom stereocenters. The average Bonchev–Trinajstić information content (AvgIpc) is 3.26. The molecule has 190 valence electrons. The van der Waals surface area contributed by atoms with E-state index in [0.29, 0.717) is 18.8 Å². The molecule has 1 amide bonds. The van der Waals surface area contributed by atoms with Crippen molar-refractivity contribution >= 4 is 40.4 Å². The molecule has 1 aliphatic carbocycles. The molecule has 0 saturated heterocycles. The summed E-state index contributed by atoms with van der Waals surface area (Å²) in [4.78, 5) is 31.2. The highest BCUT2D eigenvalue weighted by molar-refractivity contribution is 5.96. The Labute approximate surface area is 210 Å². The molecule has 1 fully saturated rings. The van der Waals surface area contributed by atoms with Gasteiger partial charge in [0, 0.05) is 29.4 Å². The van der Waals surface area contributed by atoms with Crippen molar-refractivity contribution in [2.45, 2.75) is 57.5 Å². The van der Waals surface area contributed by atoms with Crippen molar-refractivity contribution in [1.82, 2.24) is 9.55 Å². The van der Waals surface area contributed by atoms with Gasteiger partial charge in [-0.2, -0.15) is 0 Å². The maximum atomic E-state index is 12.6. The van der Waals surface area contributed by atoms with Crippen LogP contribution in [0.3, 0.4) is 0 Å². The number of carbonyl (C=O) groups excluding carboxylic acids is 1. The number of aryl methyl sites for hydroxylation is 1. The Morgan fingerprint density at radius 1 is 1.14 bits per heavy atom. The molecule has 1 unspecified atom stereocenters. The first-order chi connectivity index (χ1) is 17.4. The van der Waals surface area contributed by atoms with E-state index < -0.39 is 5.97 Å². The highest BCUT2D eigenvalue weighted by Gasteiger charge is 2.34. The van der Waals surface area contributed by atoms with E-state index in [1.54, 1.807) is 12.0 Å². The van der Waals surface area contributed by atoms with Gasteiger partial charge in [-0.1, -0.05) is 12.5 Å². The van der Waals surface area contributed by atoms with Crippen LogP contribution < -0.4 is 15.0 Å². The van der Waals surface area contributed by atoms with Crippen molar-refractivity contribution in [2.24, 2.45) is 5.92 Å². The number of carboxylic acid groups (broad SMARTS) is 1. The Bertz CT molecular complexity index is 1300. The van der Waals surface area contributed by atoms with E-state index in [4.69, 9.17) is 14.5 Å². The van der Waals surface area contributed by atoms with E-state index in [1.165, 1.54) is 7.11 Å². The SMILES string of the molecule is COC(=O)N1c2ccc3c(nc(Nc4cccc(OC)c4)n3[C@@H]3CCC[C@@H](C(=O)O)C3)c2CCC1C. The Morgan fingerprint density at radius 2 is 1.97 bits per heavy atom. The molecule has 36 heavy (non-hydrogen) atoms. The summed E-state index contributed by atoms with van der Waals surface area (Å²) in [6.07, 6.45) is 4.18. The molecular formula is C27H32N4O5. The van der Waals surface area contributed by atoms with Crippen molar-refractivity contribution < 1.29 is 24.2 Å². The third-order valence-electron chi connectivity index (χ3n) is 7.51. The highest BCUT2D eigenvalue weighted by Crippen LogP contribution is 2.42. The minimum absolute atomic E-state index is 0.00441. The number of carboxylic acids is 1. The lowest BCUT2D eigenvalue weighted by atomic mass is 9.85. The second kappa shape index (κ2) is 9.72. The minimum atomic E-state index is -0.744. The van der Waals surface area contributed by atoms with Crippen molar-refractivity contribution in [3.63, 3.8) is 0 Å². The zero-order valence-corrected chi connectivity index (χ0v) is 20.9. The molecule has 0 spiro atoms. The van der Waals surface area contributed by atoms with Gasteiger partial charge < -0.3 is 24.5 Å². The van der Waals surface area contributed by atoms with E-state index in [-0.39, 0.29) is 24.1 Å². The first-order valence-electron chi connectivity index (χ1n) is 12.5. The van der Waals surface area contributed by atoms with Crippen LogP contribution in [-0.2, 0) is 16.0 Å². The molecule has 1 aromatic heterocycles. The quantitative estimate of drug-likeness (QED) is 0.484. The fraction of sp³-hybridized carbons (Fsp3) is 0.444. The van der Waals surface area contributed by atoms with Crippen LogP contribution in [-0.4, -0.2) is 47.0 Å². The van der Waals surface area contributed by atoms with E-state index in [9.17, 15) is 14.7 Å². The normalized spacial score (nSPS) is 21.6. The number of aliphatic carboxylic acids is 1. The molecular weight excluding hydrogens is 460 g/mol. The number of nitrogens with zero attached hydrogens (tertiary/aromatic N) is 3. The molecule has 2 aromatic carbocycles. The standard InChI is InChI=1S/C27H32N4O5/c1-16-10-11-21-22(30(16)27(34)36-3)12-13-23-24(21)29-26(28-18-7-5-9-20(15-18)35-2)31(23)19-8-4-6-17(14-19)25(32)33/h5,7,9,12-13,15-17,19H,4,6,8,10-11,14H2,1-3H3,(H,28,29)(H,32,33)/t16?,17-,19-/m1/s1. The van der Waals surface area contributed by atoms with Gasteiger partial charge in [-0.15, -0.1) is 0 Å². The molecule has 0 radical (unpaired) electrons. The third-order valence-corrected chi connectivity index (χ3v) is 7.51. The Balaban J connectivity index is 1.65. The van der Waals surface area contributed by atoms with Crippen molar-refractivity contribution in [1.29, 1.82) is 0 Å². The first-order valence-corrected chi connectivity index (χ1v) is 12.5. The lowest BCUT2D eigenvalue weighted by molar-refractivity contribution is -0.143. The molecule has 2 heterocycles. The van der Waals surface area contributed by atoms with Crippen LogP contribution >= 0.6 is 0 Å². The second-order valence-electron chi connectivity index (χ2n) is 9.68. The van der Waals surface area contributed by atoms with Gasteiger partial charge in [0.25, 0.3) is 0 Å². The number of amides is 1. The zero-order chi connectivity index (χ0) is 25.4. The van der Waals surface area contributed by atoms with Gasteiger partial charge in [0.05, 0.1) is 36.9 Å². The predicted octanol–water partition coefficient (Wildman–Crippen LogP) is 5.51. The van der Waals surface area contributed by atoms with Gasteiger partial charge >= 0.3 is 12.1 Å². The van der Waals surface area contributed by atoms with Crippen LogP contribution in [0.15, 0.2) is 36.4 Å². The molecule has 9 heteroatoms. The molecule has 9 nitrogen and oxygen atoms in total. The van der Waals surface area contributed by atoms with Gasteiger partial charge in [0.15, 0.2) is 0 Å². The minimum Gasteiger partial charge on any atom is -0.497 e. The fourth-order valence-electron chi connectivity index (χ4n) is 5.69. The summed E-state index contributed by atoms with van der Waals surface area (Å²) in [6.45, 7) is 2.02. The van der Waals surface area contributed by atoms with Gasteiger partial charge in [-0.3, -0.25) is 9.69 Å². The molecule has 1 aliphatic heterocycles. The second-order valence-corrected chi connectivity index (χ2v) is 9.68. The number of anilines is 3. The van der Waals surface area contributed by atoms with Crippen molar-refractivity contribution in [3.05, 3.63) is 42.0 Å². The van der Waals surface area contributed by atoms with Gasteiger partial charge in [0.2, 0.25) is 5.95 Å². The van der Waals surface area contributed by atoms with E-state index in [0.717, 1.165) is 59.4 Å². The smallest absolute Gasteiger partial charge is 0.414 e. The van der Waals surface area contributed by atoms with Crippen LogP contribution in [0.5, 0.6) is 5.75 Å². The van der Waals surface area contributed by atoms with E-state index in [1.807, 2.05) is 43.3 Å². The summed E-state index contributed by atoms with van der Waals surface area (Å²) in [5, 5.41) is 13.2. The Hall–Kier alpha value is -3.75. The number of methoxy groups -OCH3 is 2. The van der Waals surface area contributed by atoms with Gasteiger partial charge in [0.1, 0.15) is 5.75 Å². The Morgan fingerprint density at radius 3 is 2.72 bits per heavy atom. The molecule has 0 bridgehead atoms. The number of ether oxygens (including phenoxy) is 2. The molecule has 5 rings (SSSR count). The van der Waals surface area contributed by atoms with Gasteiger partial charge in [-0.25, -0.2) is 9.78 Å². The van der Waals surface area contributed by atoms with Crippen LogP contribution in [0.4, 0.5) is 22.1 Å². The summed E-state index contributed by atoms with van der Waals surface area (Å²) in [5.41, 5.74) is 4.42. The molecule has 2 N–H and O–H groups in total. The number of benzene rings is 2. The summed E-state index contributed by atoms with van der Waals surface area (Å²) < 4.78 is 12.6. The van der Waals surface area contributed by atoms with Crippen LogP contribution in [0.25, 0.3) is 11.0 Å². The highest BCUT2D eigenvalue weighted by atomic mass is 16.5. The summed E-state index contributed by atoms with van der Waals surface area (Å²) >= 11 is 0. The topological polar surface area (TPSA) is 106 Å². The number of imidazole rings is 1. The maximum absolute atomic E-state index is 12.6. The molecule has 1 saturated carbocycles. The third kappa shape index (κ3) is 4.23. The number of nitrogens with one attached hydrogen (secondary N) is 1. The summed E-state index contributed by atoms with van der Waals surface area (Å²) in [6, 6.07) is 11.6. The maximum Gasteiger partial charge on any atom is 0.414 e. The Kier molecular flexibility index (Phi) is 6.47. The predicted molar refractivity (Wildman–Crippen MR) is 137 cm³/mol. The number of rotatable bonds is 5. The molecule has 3 aromatic rings. The number of carbonyl (C=O) groups is 2. The van der Waals surface area contributed by atoms with E-state index in [2.05, 4.69) is 9.88 Å². The fourth-order valence-corrected chi connectivity index (χ4v) is 5.69. The zero-order valence-electron chi connectivity index (χ0n) is 20.9. The lowest BCUT2D eigenvalue weighted by Crippen LogP contribution is -2.42. The summed E-state index contributed by atoms with van der Waals surface area (Å²) in [5.74, 6) is 0.267. The first kappa shape index (κ1) is 24.0. The largest absolute Gasteiger partial charge is 0.497 e. The van der Waals surface area contributed by atoms with Crippen molar-refractivity contribution in [2.75, 3.05) is 24.4 Å². The number of hydrogen-bond acceptors (Lipinski definition) is 6. The molecule has 2 aliphatic rings. The number of aromatic nitrogens is 2.